The second-order valence-electron chi connectivity index (χ2n) is 7.63. The zero-order chi connectivity index (χ0) is 25.2. The first-order valence-corrected chi connectivity index (χ1v) is 11.8. The van der Waals surface area contributed by atoms with Gasteiger partial charge in [0.25, 0.3) is 5.56 Å². The number of hydrogen-bond acceptors (Lipinski definition) is 6. The van der Waals surface area contributed by atoms with Crippen LogP contribution in [0.3, 0.4) is 0 Å². The fourth-order valence-corrected chi connectivity index (χ4v) is 4.36. The quantitative estimate of drug-likeness (QED) is 0.184. The molecule has 0 saturated carbocycles. The fraction of sp³-hybridized carbons (Fsp3) is 0.0741. The van der Waals surface area contributed by atoms with E-state index in [1.807, 2.05) is 30.3 Å². The molecule has 0 bridgehead atoms. The lowest BCUT2D eigenvalue weighted by molar-refractivity contribution is 0.331. The van der Waals surface area contributed by atoms with Crippen LogP contribution >= 0.6 is 27.5 Å². The minimum absolute atomic E-state index is 0.0408. The standard InChI is InChI=1S/C27H17BrClN3O4/c1-3-10-35-25-20(29)11-16(12-23(25)34-2)15-30-32-26(31-21-7-5-4-6-19(21)27(32)33)24-14-17-13-18(28)8-9-22(17)36-24/h1,4-9,11-15H,10H2,2H3. The second-order valence-corrected chi connectivity index (χ2v) is 8.96. The molecule has 5 rings (SSSR count). The molecule has 5 aromatic rings. The summed E-state index contributed by atoms with van der Waals surface area (Å²) >= 11 is 9.86. The Labute approximate surface area is 219 Å². The van der Waals surface area contributed by atoms with Crippen molar-refractivity contribution in [3.05, 3.63) is 86.1 Å². The summed E-state index contributed by atoms with van der Waals surface area (Å²) in [5.74, 6) is 3.76. The van der Waals surface area contributed by atoms with E-state index in [1.54, 1.807) is 30.3 Å². The van der Waals surface area contributed by atoms with Gasteiger partial charge in [-0.15, -0.1) is 6.42 Å². The molecule has 2 aromatic heterocycles. The average Bonchev–Trinajstić information content (AvgIpc) is 3.30. The summed E-state index contributed by atoms with van der Waals surface area (Å²) < 4.78 is 19.0. The first kappa shape index (κ1) is 23.7. The third-order valence-electron chi connectivity index (χ3n) is 5.33. The van der Waals surface area contributed by atoms with Crippen molar-refractivity contribution in [1.82, 2.24) is 9.66 Å². The lowest BCUT2D eigenvalue weighted by Crippen LogP contribution is -2.20. The summed E-state index contributed by atoms with van der Waals surface area (Å²) in [6.07, 6.45) is 6.77. The Bertz CT molecular complexity index is 1750. The van der Waals surface area contributed by atoms with Crippen molar-refractivity contribution in [3.8, 4) is 35.4 Å². The van der Waals surface area contributed by atoms with Gasteiger partial charge in [-0.1, -0.05) is 45.6 Å². The summed E-state index contributed by atoms with van der Waals surface area (Å²) in [6.45, 7) is 0.0408. The van der Waals surface area contributed by atoms with Crippen LogP contribution in [0.25, 0.3) is 33.5 Å². The summed E-state index contributed by atoms with van der Waals surface area (Å²) in [6, 6.07) is 17.8. The van der Waals surface area contributed by atoms with E-state index in [4.69, 9.17) is 31.9 Å². The topological polar surface area (TPSA) is 78.9 Å². The van der Waals surface area contributed by atoms with Crippen LogP contribution in [0.15, 0.2) is 79.4 Å². The van der Waals surface area contributed by atoms with Gasteiger partial charge in [-0.05, 0) is 54.1 Å². The first-order valence-electron chi connectivity index (χ1n) is 10.7. The van der Waals surface area contributed by atoms with Crippen molar-refractivity contribution in [1.29, 1.82) is 0 Å². The van der Waals surface area contributed by atoms with Gasteiger partial charge in [0.15, 0.2) is 17.3 Å². The van der Waals surface area contributed by atoms with Gasteiger partial charge in [-0.3, -0.25) is 4.79 Å². The van der Waals surface area contributed by atoms with Crippen LogP contribution in [-0.4, -0.2) is 29.6 Å². The number of rotatable bonds is 6. The molecule has 0 amide bonds. The van der Waals surface area contributed by atoms with E-state index in [0.29, 0.717) is 39.3 Å². The number of hydrogen-bond donors (Lipinski definition) is 0. The molecule has 36 heavy (non-hydrogen) atoms. The lowest BCUT2D eigenvalue weighted by atomic mass is 10.2. The summed E-state index contributed by atoms with van der Waals surface area (Å²) in [5, 5.41) is 6.03. The van der Waals surface area contributed by atoms with Gasteiger partial charge in [0.05, 0.1) is 29.2 Å². The Hall–Kier alpha value is -4.06. The van der Waals surface area contributed by atoms with E-state index >= 15 is 0 Å². The van der Waals surface area contributed by atoms with Gasteiger partial charge < -0.3 is 13.9 Å². The van der Waals surface area contributed by atoms with Crippen LogP contribution in [0.4, 0.5) is 0 Å². The van der Waals surface area contributed by atoms with Crippen molar-refractivity contribution in [3.63, 3.8) is 0 Å². The molecule has 0 fully saturated rings. The number of furan rings is 1. The maximum Gasteiger partial charge on any atom is 0.282 e. The second kappa shape index (κ2) is 9.90. The van der Waals surface area contributed by atoms with E-state index in [9.17, 15) is 4.79 Å². The molecule has 2 heterocycles. The van der Waals surface area contributed by atoms with E-state index < -0.39 is 0 Å². The highest BCUT2D eigenvalue weighted by molar-refractivity contribution is 9.10. The molecule has 7 nitrogen and oxygen atoms in total. The van der Waals surface area contributed by atoms with Crippen LogP contribution in [0, 0.1) is 12.3 Å². The number of benzene rings is 3. The molecule has 9 heteroatoms. The predicted octanol–water partition coefficient (Wildman–Crippen LogP) is 6.13. The molecule has 0 spiro atoms. The number of halogens is 2. The van der Waals surface area contributed by atoms with E-state index in [1.165, 1.54) is 18.0 Å². The van der Waals surface area contributed by atoms with Crippen molar-refractivity contribution in [2.24, 2.45) is 5.10 Å². The zero-order valence-corrected chi connectivity index (χ0v) is 21.2. The molecule has 178 valence electrons. The number of ether oxygens (including phenoxy) is 2. The molecule has 0 N–H and O–H groups in total. The number of nitrogens with zero attached hydrogens (tertiary/aromatic N) is 3. The zero-order valence-electron chi connectivity index (χ0n) is 18.9. The summed E-state index contributed by atoms with van der Waals surface area (Å²) in [5.41, 5.74) is 1.42. The number of para-hydroxylation sites is 1. The number of methoxy groups -OCH3 is 1. The molecule has 0 radical (unpaired) electrons. The van der Waals surface area contributed by atoms with E-state index in [2.05, 4.69) is 31.9 Å². The van der Waals surface area contributed by atoms with Gasteiger partial charge in [-0.2, -0.15) is 9.78 Å². The normalized spacial score (nSPS) is 11.3. The molecule has 0 atom stereocenters. The molecular formula is C27H17BrClN3O4. The number of fused-ring (bicyclic) bond motifs is 2. The Morgan fingerprint density at radius 3 is 2.86 bits per heavy atom. The molecule has 0 aliphatic heterocycles. The Morgan fingerprint density at radius 1 is 1.22 bits per heavy atom. The molecule has 3 aromatic carbocycles. The highest BCUT2D eigenvalue weighted by Gasteiger charge is 2.17. The van der Waals surface area contributed by atoms with Gasteiger partial charge in [0.2, 0.25) is 5.82 Å². The molecule has 0 aliphatic carbocycles. The van der Waals surface area contributed by atoms with Crippen LogP contribution in [0.2, 0.25) is 5.02 Å². The van der Waals surface area contributed by atoms with Crippen LogP contribution in [0.5, 0.6) is 11.5 Å². The smallest absolute Gasteiger partial charge is 0.282 e. The van der Waals surface area contributed by atoms with Crippen LogP contribution < -0.4 is 15.0 Å². The van der Waals surface area contributed by atoms with Crippen molar-refractivity contribution >= 4 is 55.6 Å². The summed E-state index contributed by atoms with van der Waals surface area (Å²) in [7, 11) is 1.49. The predicted molar refractivity (Wildman–Crippen MR) is 144 cm³/mol. The fourth-order valence-electron chi connectivity index (χ4n) is 3.71. The monoisotopic (exact) mass is 561 g/mol. The highest BCUT2D eigenvalue weighted by atomic mass is 79.9. The Morgan fingerprint density at radius 2 is 2.06 bits per heavy atom. The molecule has 0 saturated heterocycles. The van der Waals surface area contributed by atoms with Gasteiger partial charge in [0, 0.05) is 9.86 Å². The first-order chi connectivity index (χ1) is 17.5. The third-order valence-corrected chi connectivity index (χ3v) is 6.10. The van der Waals surface area contributed by atoms with Gasteiger partial charge in [0.1, 0.15) is 12.2 Å². The van der Waals surface area contributed by atoms with E-state index in [0.717, 1.165) is 9.86 Å². The van der Waals surface area contributed by atoms with Crippen molar-refractivity contribution < 1.29 is 13.9 Å². The number of terminal acetylenes is 1. The molecule has 0 aliphatic rings. The molecular weight excluding hydrogens is 546 g/mol. The maximum atomic E-state index is 13.4. The number of aromatic nitrogens is 2. The van der Waals surface area contributed by atoms with Crippen LogP contribution in [-0.2, 0) is 0 Å². The van der Waals surface area contributed by atoms with Crippen molar-refractivity contribution in [2.45, 2.75) is 0 Å². The largest absolute Gasteiger partial charge is 0.493 e. The minimum atomic E-state index is -0.347. The Kier molecular flexibility index (Phi) is 6.51. The minimum Gasteiger partial charge on any atom is -0.493 e. The summed E-state index contributed by atoms with van der Waals surface area (Å²) in [4.78, 5) is 18.1. The van der Waals surface area contributed by atoms with E-state index in [-0.39, 0.29) is 23.0 Å². The molecule has 0 unspecified atom stereocenters. The third kappa shape index (κ3) is 4.47. The lowest BCUT2D eigenvalue weighted by Gasteiger charge is -2.11. The van der Waals surface area contributed by atoms with Crippen molar-refractivity contribution in [2.75, 3.05) is 13.7 Å². The van der Waals surface area contributed by atoms with Crippen LogP contribution in [0.1, 0.15) is 5.56 Å². The SMILES string of the molecule is C#CCOc1c(Cl)cc(C=Nn2c(-c3cc4cc(Br)ccc4o3)nc3ccccc3c2=O)cc1OC. The highest BCUT2D eigenvalue weighted by Crippen LogP contribution is 2.36. The van der Waals surface area contributed by atoms with Gasteiger partial charge >= 0.3 is 0 Å². The Balaban J connectivity index is 1.66. The maximum absolute atomic E-state index is 13.4. The average molecular weight is 563 g/mol. The van der Waals surface area contributed by atoms with Gasteiger partial charge in [-0.25, -0.2) is 4.98 Å².